The molecule has 0 unspecified atom stereocenters. The summed E-state index contributed by atoms with van der Waals surface area (Å²) < 4.78 is 8.44. The van der Waals surface area contributed by atoms with Crippen molar-refractivity contribution >= 4 is 28.2 Å². The second-order valence-corrected chi connectivity index (χ2v) is 5.18. The summed E-state index contributed by atoms with van der Waals surface area (Å²) in [6, 6.07) is 5.57. The van der Waals surface area contributed by atoms with E-state index in [1.807, 2.05) is 31.4 Å². The Morgan fingerprint density at radius 2 is 2.09 bits per heavy atom. The highest BCUT2D eigenvalue weighted by molar-refractivity contribution is 6.29. The summed E-state index contributed by atoms with van der Waals surface area (Å²) in [7, 11) is 3.45. The second-order valence-electron chi connectivity index (χ2n) is 4.84. The van der Waals surface area contributed by atoms with E-state index >= 15 is 0 Å². The molecule has 0 atom stereocenters. The van der Waals surface area contributed by atoms with E-state index < -0.39 is 0 Å². The van der Waals surface area contributed by atoms with Crippen LogP contribution in [0.5, 0.6) is 5.75 Å². The van der Waals surface area contributed by atoms with Crippen LogP contribution < -0.4 is 4.74 Å². The number of halogens is 1. The molecule has 110 valence electrons. The fraction of sp³-hybridized carbons (Fsp3) is 0.143. The number of rotatable bonds is 2. The van der Waals surface area contributed by atoms with Gasteiger partial charge in [0.05, 0.1) is 24.4 Å². The molecule has 8 heteroatoms. The minimum absolute atomic E-state index is 0.249. The summed E-state index contributed by atoms with van der Waals surface area (Å²) in [5.74, 6) is 1.27. The predicted molar refractivity (Wildman–Crippen MR) is 82.1 cm³/mol. The zero-order valence-electron chi connectivity index (χ0n) is 11.9. The number of methoxy groups -OCH3 is 1. The van der Waals surface area contributed by atoms with Gasteiger partial charge in [-0.1, -0.05) is 0 Å². The van der Waals surface area contributed by atoms with E-state index in [4.69, 9.17) is 16.3 Å². The van der Waals surface area contributed by atoms with Crippen LogP contribution in [0.2, 0.25) is 5.28 Å². The quantitative estimate of drug-likeness (QED) is 0.531. The largest absolute Gasteiger partial charge is 0.497 e. The van der Waals surface area contributed by atoms with Gasteiger partial charge in [-0.3, -0.25) is 4.68 Å². The number of hydrogen-bond acceptors (Lipinski definition) is 5. The van der Waals surface area contributed by atoms with Crippen molar-refractivity contribution in [2.45, 2.75) is 0 Å². The van der Waals surface area contributed by atoms with E-state index in [1.165, 1.54) is 4.52 Å². The van der Waals surface area contributed by atoms with Crippen LogP contribution in [-0.2, 0) is 7.05 Å². The van der Waals surface area contributed by atoms with Crippen LogP contribution >= 0.6 is 11.6 Å². The maximum absolute atomic E-state index is 6.23. The highest BCUT2D eigenvalue weighted by Gasteiger charge is 2.14. The Morgan fingerprint density at radius 1 is 1.23 bits per heavy atom. The van der Waals surface area contributed by atoms with Crippen LogP contribution in [0.1, 0.15) is 0 Å². The average Bonchev–Trinajstić information content (AvgIpc) is 3.13. The summed E-state index contributed by atoms with van der Waals surface area (Å²) in [6.07, 6.45) is 3.56. The van der Waals surface area contributed by atoms with Crippen molar-refractivity contribution in [1.29, 1.82) is 0 Å². The van der Waals surface area contributed by atoms with Gasteiger partial charge in [-0.15, -0.1) is 5.10 Å². The fourth-order valence-corrected chi connectivity index (χ4v) is 2.55. The van der Waals surface area contributed by atoms with Gasteiger partial charge in [0.2, 0.25) is 5.28 Å². The Labute approximate surface area is 130 Å². The monoisotopic (exact) mass is 314 g/mol. The SMILES string of the molecule is COc1ccc2c(c1)nc(Cl)n1nc(-c3cnn(C)c3)nc21. The third-order valence-electron chi connectivity index (χ3n) is 3.40. The molecule has 0 amide bonds. The standard InChI is InChI=1S/C14H11ClN6O/c1-20-7-8(6-16-20)12-18-13-10-4-3-9(22-2)5-11(10)17-14(15)21(13)19-12/h3-7H,1-2H3. The van der Waals surface area contributed by atoms with Crippen molar-refractivity contribution < 1.29 is 4.74 Å². The predicted octanol–water partition coefficient (Wildman–Crippen LogP) is 2.34. The molecule has 0 spiro atoms. The third kappa shape index (κ3) is 1.90. The number of benzene rings is 1. The number of hydrogen-bond donors (Lipinski definition) is 0. The maximum atomic E-state index is 6.23. The highest BCUT2D eigenvalue weighted by atomic mass is 35.5. The van der Waals surface area contributed by atoms with Gasteiger partial charge < -0.3 is 4.74 Å². The second kappa shape index (κ2) is 4.67. The first-order valence-corrected chi connectivity index (χ1v) is 6.92. The van der Waals surface area contributed by atoms with Gasteiger partial charge in [-0.05, 0) is 23.7 Å². The third-order valence-corrected chi connectivity index (χ3v) is 3.65. The molecule has 4 rings (SSSR count). The van der Waals surface area contributed by atoms with Crippen molar-refractivity contribution in [3.8, 4) is 17.1 Å². The van der Waals surface area contributed by atoms with Crippen LogP contribution in [0.3, 0.4) is 0 Å². The van der Waals surface area contributed by atoms with Crippen LogP contribution in [0.25, 0.3) is 27.9 Å². The first-order chi connectivity index (χ1) is 10.7. The molecule has 0 saturated carbocycles. The molecule has 0 aliphatic carbocycles. The van der Waals surface area contributed by atoms with Gasteiger partial charge in [0.15, 0.2) is 11.5 Å². The topological polar surface area (TPSA) is 70.1 Å². The normalized spacial score (nSPS) is 11.4. The Hall–Kier alpha value is -2.67. The maximum Gasteiger partial charge on any atom is 0.226 e. The van der Waals surface area contributed by atoms with Crippen LogP contribution in [0, 0.1) is 0 Å². The van der Waals surface area contributed by atoms with Crippen molar-refractivity contribution in [3.63, 3.8) is 0 Å². The lowest BCUT2D eigenvalue weighted by atomic mass is 10.2. The number of nitrogens with zero attached hydrogens (tertiary/aromatic N) is 6. The number of fused-ring (bicyclic) bond motifs is 3. The highest BCUT2D eigenvalue weighted by Crippen LogP contribution is 2.26. The van der Waals surface area contributed by atoms with Crippen LogP contribution in [-0.4, -0.2) is 36.5 Å². The average molecular weight is 315 g/mol. The van der Waals surface area contributed by atoms with Crippen molar-refractivity contribution in [2.24, 2.45) is 7.05 Å². The molecule has 0 bridgehead atoms. The van der Waals surface area contributed by atoms with E-state index in [-0.39, 0.29) is 5.28 Å². The summed E-state index contributed by atoms with van der Waals surface area (Å²) >= 11 is 6.23. The van der Waals surface area contributed by atoms with Crippen molar-refractivity contribution in [1.82, 2.24) is 29.4 Å². The summed E-state index contributed by atoms with van der Waals surface area (Å²) in [4.78, 5) is 8.92. The van der Waals surface area contributed by atoms with E-state index in [0.717, 1.165) is 10.9 Å². The Bertz CT molecular complexity index is 1010. The zero-order valence-corrected chi connectivity index (χ0v) is 12.6. The van der Waals surface area contributed by atoms with E-state index in [1.54, 1.807) is 18.0 Å². The molecule has 4 aromatic rings. The van der Waals surface area contributed by atoms with Crippen LogP contribution in [0.4, 0.5) is 0 Å². The van der Waals surface area contributed by atoms with Gasteiger partial charge in [0.1, 0.15) is 5.75 Å². The molecule has 0 aliphatic heterocycles. The smallest absolute Gasteiger partial charge is 0.226 e. The molecular weight excluding hydrogens is 304 g/mol. The number of aryl methyl sites for hydroxylation is 1. The summed E-state index contributed by atoms with van der Waals surface area (Å²) in [5, 5.41) is 9.65. The van der Waals surface area contributed by atoms with Crippen molar-refractivity contribution in [2.75, 3.05) is 7.11 Å². The molecule has 3 heterocycles. The fourth-order valence-electron chi connectivity index (χ4n) is 2.34. The number of ether oxygens (including phenoxy) is 1. The van der Waals surface area contributed by atoms with Gasteiger partial charge in [0, 0.05) is 24.7 Å². The minimum atomic E-state index is 0.249. The van der Waals surface area contributed by atoms with Gasteiger partial charge in [-0.25, -0.2) is 9.97 Å². The van der Waals surface area contributed by atoms with Gasteiger partial charge in [0.25, 0.3) is 0 Å². The Kier molecular flexibility index (Phi) is 2.77. The zero-order chi connectivity index (χ0) is 15.3. The summed E-state index contributed by atoms with van der Waals surface area (Å²) in [5.41, 5.74) is 2.18. The molecule has 22 heavy (non-hydrogen) atoms. The lowest BCUT2D eigenvalue weighted by Crippen LogP contribution is -1.95. The molecule has 0 aliphatic rings. The lowest BCUT2D eigenvalue weighted by Gasteiger charge is -2.03. The molecule has 1 aromatic carbocycles. The lowest BCUT2D eigenvalue weighted by molar-refractivity contribution is 0.415. The molecular formula is C14H11ClN6O. The molecule has 0 saturated heterocycles. The van der Waals surface area contributed by atoms with Gasteiger partial charge in [-0.2, -0.15) is 9.61 Å². The summed E-state index contributed by atoms with van der Waals surface area (Å²) in [6.45, 7) is 0. The molecule has 0 fully saturated rings. The van der Waals surface area contributed by atoms with E-state index in [0.29, 0.717) is 22.7 Å². The molecule has 7 nitrogen and oxygen atoms in total. The van der Waals surface area contributed by atoms with E-state index in [2.05, 4.69) is 20.2 Å². The minimum Gasteiger partial charge on any atom is -0.497 e. The van der Waals surface area contributed by atoms with Crippen LogP contribution in [0.15, 0.2) is 30.6 Å². The Balaban J connectivity index is 2.02. The molecule has 0 radical (unpaired) electrons. The first-order valence-electron chi connectivity index (χ1n) is 6.55. The van der Waals surface area contributed by atoms with E-state index in [9.17, 15) is 0 Å². The van der Waals surface area contributed by atoms with Crippen molar-refractivity contribution in [3.05, 3.63) is 35.9 Å². The Morgan fingerprint density at radius 3 is 2.82 bits per heavy atom. The molecule has 0 N–H and O–H groups in total. The van der Waals surface area contributed by atoms with Gasteiger partial charge >= 0.3 is 0 Å². The molecule has 3 aromatic heterocycles. The first kappa shape index (κ1) is 13.0. The number of aromatic nitrogens is 6.